The molecule has 0 aliphatic carbocycles. The van der Waals surface area contributed by atoms with Gasteiger partial charge in [-0.05, 0) is 46.2 Å². The highest BCUT2D eigenvalue weighted by molar-refractivity contribution is 5.95. The molecule has 0 saturated heterocycles. The average Bonchev–Trinajstić information content (AvgIpc) is 3.09. The molecule has 0 fully saturated rings. The van der Waals surface area contributed by atoms with Crippen LogP contribution in [0.25, 0.3) is 5.78 Å². The fourth-order valence-corrected chi connectivity index (χ4v) is 3.04. The number of fused-ring (bicyclic) bond motifs is 1. The van der Waals surface area contributed by atoms with Crippen LogP contribution in [-0.2, 0) is 20.7 Å². The van der Waals surface area contributed by atoms with Crippen molar-refractivity contribution in [3.8, 4) is 0 Å². The van der Waals surface area contributed by atoms with Gasteiger partial charge >= 0.3 is 5.97 Å². The maximum atomic E-state index is 12.4. The van der Waals surface area contributed by atoms with E-state index in [1.807, 2.05) is 39.0 Å². The van der Waals surface area contributed by atoms with Crippen LogP contribution in [0.2, 0.25) is 0 Å². The van der Waals surface area contributed by atoms with E-state index in [0.717, 1.165) is 16.8 Å². The second kappa shape index (κ2) is 7.75. The molecule has 0 bridgehead atoms. The minimum absolute atomic E-state index is 0.00163. The Hall–Kier alpha value is -3.29. The maximum absolute atomic E-state index is 12.4. The minimum atomic E-state index is -0.920. The molecule has 0 aliphatic rings. The van der Waals surface area contributed by atoms with Crippen LogP contribution in [0.15, 0.2) is 24.5 Å². The van der Waals surface area contributed by atoms with Gasteiger partial charge in [0, 0.05) is 22.6 Å². The van der Waals surface area contributed by atoms with Crippen molar-refractivity contribution in [3.63, 3.8) is 0 Å². The number of aryl methyl sites for hydroxylation is 4. The molecule has 0 radical (unpaired) electrons. The van der Waals surface area contributed by atoms with E-state index in [2.05, 4.69) is 20.4 Å². The first-order valence-corrected chi connectivity index (χ1v) is 8.99. The molecule has 146 valence electrons. The first-order chi connectivity index (χ1) is 13.3. The number of carbonyl (C=O) groups is 2. The van der Waals surface area contributed by atoms with Crippen LogP contribution in [0.3, 0.4) is 0 Å². The highest BCUT2D eigenvalue weighted by Gasteiger charge is 2.21. The summed E-state index contributed by atoms with van der Waals surface area (Å²) in [5.74, 6) is -0.400. The number of esters is 1. The summed E-state index contributed by atoms with van der Waals surface area (Å²) in [7, 11) is 0. The van der Waals surface area contributed by atoms with E-state index in [-0.39, 0.29) is 12.3 Å². The number of hydrogen-bond acceptors (Lipinski definition) is 6. The van der Waals surface area contributed by atoms with Crippen LogP contribution >= 0.6 is 0 Å². The van der Waals surface area contributed by atoms with Gasteiger partial charge in [0.05, 0.1) is 6.42 Å². The molecule has 3 rings (SSSR count). The standard InChI is InChI=1S/C20H23N5O3/c1-11-6-7-17(12(2)8-11)24-19(27)15(5)28-18(26)9-16-13(3)23-20-21-10-22-25(20)14(16)4/h6-8,10,15H,9H2,1-5H3,(H,24,27)/t15-/m0/s1. The van der Waals surface area contributed by atoms with Crippen molar-refractivity contribution in [2.75, 3.05) is 5.32 Å². The van der Waals surface area contributed by atoms with Crippen LogP contribution in [0.4, 0.5) is 5.69 Å². The van der Waals surface area contributed by atoms with Crippen LogP contribution in [0, 0.1) is 27.7 Å². The Morgan fingerprint density at radius 2 is 1.96 bits per heavy atom. The predicted octanol–water partition coefficient (Wildman–Crippen LogP) is 2.47. The Balaban J connectivity index is 1.66. The van der Waals surface area contributed by atoms with E-state index in [4.69, 9.17) is 4.74 Å². The number of amides is 1. The molecule has 2 heterocycles. The van der Waals surface area contributed by atoms with Crippen LogP contribution in [-0.4, -0.2) is 37.6 Å². The van der Waals surface area contributed by atoms with Gasteiger partial charge in [-0.25, -0.2) is 9.50 Å². The molecule has 8 nitrogen and oxygen atoms in total. The number of hydrogen-bond donors (Lipinski definition) is 1. The zero-order chi connectivity index (χ0) is 20.4. The summed E-state index contributed by atoms with van der Waals surface area (Å²) in [6.45, 7) is 9.10. The van der Waals surface area contributed by atoms with E-state index < -0.39 is 12.1 Å². The zero-order valence-corrected chi connectivity index (χ0v) is 16.6. The Morgan fingerprint density at radius 1 is 1.21 bits per heavy atom. The lowest BCUT2D eigenvalue weighted by Gasteiger charge is -2.16. The van der Waals surface area contributed by atoms with Gasteiger partial charge < -0.3 is 10.1 Å². The predicted molar refractivity (Wildman–Crippen MR) is 104 cm³/mol. The third kappa shape index (κ3) is 4.00. The molecule has 0 saturated carbocycles. The fraction of sp³-hybridized carbons (Fsp3) is 0.350. The molecule has 1 atom stereocenters. The third-order valence-electron chi connectivity index (χ3n) is 4.63. The lowest BCUT2D eigenvalue weighted by molar-refractivity contribution is -0.152. The molecule has 1 aromatic carbocycles. The van der Waals surface area contributed by atoms with E-state index in [9.17, 15) is 9.59 Å². The first-order valence-electron chi connectivity index (χ1n) is 8.99. The smallest absolute Gasteiger partial charge is 0.311 e. The summed E-state index contributed by atoms with van der Waals surface area (Å²) in [5, 5.41) is 6.90. The van der Waals surface area contributed by atoms with Gasteiger partial charge in [0.1, 0.15) is 6.33 Å². The van der Waals surface area contributed by atoms with Gasteiger partial charge in [0.15, 0.2) is 6.10 Å². The van der Waals surface area contributed by atoms with Crippen LogP contribution < -0.4 is 5.32 Å². The zero-order valence-electron chi connectivity index (χ0n) is 16.6. The molecule has 0 spiro atoms. The minimum Gasteiger partial charge on any atom is -0.452 e. The number of carbonyl (C=O) groups excluding carboxylic acids is 2. The lowest BCUT2D eigenvalue weighted by Crippen LogP contribution is -2.31. The largest absolute Gasteiger partial charge is 0.452 e. The van der Waals surface area contributed by atoms with Crippen molar-refractivity contribution in [1.29, 1.82) is 0 Å². The van der Waals surface area contributed by atoms with Crippen molar-refractivity contribution in [2.24, 2.45) is 0 Å². The number of anilines is 1. The Labute approximate surface area is 163 Å². The SMILES string of the molecule is Cc1ccc(NC(=O)[C@H](C)OC(=O)Cc2c(C)nc3ncnn3c2C)c(C)c1. The van der Waals surface area contributed by atoms with Gasteiger partial charge in [-0.15, -0.1) is 0 Å². The molecule has 8 heteroatoms. The molecular formula is C20H23N5O3. The average molecular weight is 381 g/mol. The number of benzene rings is 1. The summed E-state index contributed by atoms with van der Waals surface area (Å²) >= 11 is 0. The second-order valence-corrected chi connectivity index (χ2v) is 6.85. The lowest BCUT2D eigenvalue weighted by atomic mass is 10.1. The van der Waals surface area contributed by atoms with Crippen molar-refractivity contribution < 1.29 is 14.3 Å². The van der Waals surface area contributed by atoms with Gasteiger partial charge in [-0.3, -0.25) is 9.59 Å². The topological polar surface area (TPSA) is 98.5 Å². The van der Waals surface area contributed by atoms with Crippen molar-refractivity contribution in [2.45, 2.75) is 47.1 Å². The van der Waals surface area contributed by atoms with Gasteiger partial charge in [0.25, 0.3) is 11.7 Å². The summed E-state index contributed by atoms with van der Waals surface area (Å²) in [6.07, 6.45) is 0.495. The highest BCUT2D eigenvalue weighted by Crippen LogP contribution is 2.17. The fourth-order valence-electron chi connectivity index (χ4n) is 3.04. The quantitative estimate of drug-likeness (QED) is 0.682. The molecule has 1 N–H and O–H groups in total. The first kappa shape index (κ1) is 19.5. The van der Waals surface area contributed by atoms with Crippen LogP contribution in [0.5, 0.6) is 0 Å². The number of aromatic nitrogens is 4. The van der Waals surface area contributed by atoms with Gasteiger partial charge in [-0.2, -0.15) is 10.1 Å². The monoisotopic (exact) mass is 381 g/mol. The van der Waals surface area contributed by atoms with E-state index in [0.29, 0.717) is 22.7 Å². The third-order valence-corrected chi connectivity index (χ3v) is 4.63. The van der Waals surface area contributed by atoms with Crippen molar-refractivity contribution in [3.05, 3.63) is 52.6 Å². The molecule has 2 aromatic heterocycles. The number of rotatable bonds is 5. The van der Waals surface area contributed by atoms with Gasteiger partial charge in [0.2, 0.25) is 0 Å². The van der Waals surface area contributed by atoms with E-state index >= 15 is 0 Å². The molecule has 0 unspecified atom stereocenters. The molecule has 3 aromatic rings. The van der Waals surface area contributed by atoms with Crippen molar-refractivity contribution in [1.82, 2.24) is 19.6 Å². The Bertz CT molecular complexity index is 1060. The number of ether oxygens (including phenoxy) is 1. The summed E-state index contributed by atoms with van der Waals surface area (Å²) < 4.78 is 6.91. The summed E-state index contributed by atoms with van der Waals surface area (Å²) in [6, 6.07) is 5.73. The highest BCUT2D eigenvalue weighted by atomic mass is 16.5. The van der Waals surface area contributed by atoms with E-state index in [1.165, 1.54) is 6.33 Å². The van der Waals surface area contributed by atoms with Crippen LogP contribution in [0.1, 0.15) is 35.0 Å². The Kier molecular flexibility index (Phi) is 5.39. The Morgan fingerprint density at radius 3 is 2.68 bits per heavy atom. The molecule has 1 amide bonds. The maximum Gasteiger partial charge on any atom is 0.311 e. The van der Waals surface area contributed by atoms with E-state index in [1.54, 1.807) is 18.4 Å². The molecule has 0 aliphatic heterocycles. The molecule has 28 heavy (non-hydrogen) atoms. The summed E-state index contributed by atoms with van der Waals surface area (Å²) in [4.78, 5) is 33.2. The number of nitrogens with one attached hydrogen (secondary N) is 1. The normalized spacial score (nSPS) is 12.0. The summed E-state index contributed by atoms with van der Waals surface area (Å²) in [5.41, 5.74) is 4.92. The van der Waals surface area contributed by atoms with Gasteiger partial charge in [-0.1, -0.05) is 17.7 Å². The molecular weight excluding hydrogens is 358 g/mol. The second-order valence-electron chi connectivity index (χ2n) is 6.85. The number of nitrogens with zero attached hydrogens (tertiary/aromatic N) is 4. The van der Waals surface area contributed by atoms with Crippen molar-refractivity contribution >= 4 is 23.3 Å².